The average molecular weight is 202 g/mol. The van der Waals surface area contributed by atoms with Crippen LogP contribution in [0, 0.1) is 5.82 Å². The summed E-state index contributed by atoms with van der Waals surface area (Å²) in [5.41, 5.74) is 1.70. The largest absolute Gasteiger partial charge is 0.384 e. The molecule has 2 rings (SSSR count). The second-order valence-corrected chi connectivity index (χ2v) is 3.90. The molecule has 72 valence electrons. The van der Waals surface area contributed by atoms with E-state index in [0.717, 1.165) is 17.8 Å². The number of benzene rings is 1. The van der Waals surface area contributed by atoms with E-state index in [1.54, 1.807) is 6.07 Å². The number of nitrogens with one attached hydrogen (secondary N) is 1. The van der Waals surface area contributed by atoms with Gasteiger partial charge in [-0.3, -0.25) is 0 Å². The van der Waals surface area contributed by atoms with Crippen molar-refractivity contribution in [1.29, 1.82) is 0 Å². The normalized spacial score (nSPS) is 17.2. The Labute approximate surface area is 83.8 Å². The highest BCUT2D eigenvalue weighted by molar-refractivity contribution is 5.85. The van der Waals surface area contributed by atoms with Gasteiger partial charge in [-0.05, 0) is 12.1 Å². The lowest BCUT2D eigenvalue weighted by atomic mass is 9.87. The molecule has 3 heteroatoms. The predicted molar refractivity (Wildman–Crippen MR) is 55.2 cm³/mol. The molecule has 0 saturated heterocycles. The van der Waals surface area contributed by atoms with E-state index in [0.29, 0.717) is 0 Å². The standard InChI is InChI=1S/C10H12FN.ClH/c1-10(2)6-12-8-5-3-4-7(11)9(8)10;/h3-5,12H,6H2,1-2H3;1H. The fraction of sp³-hybridized carbons (Fsp3) is 0.400. The van der Waals surface area contributed by atoms with Crippen molar-refractivity contribution in [3.8, 4) is 0 Å². The third-order valence-corrected chi connectivity index (χ3v) is 2.41. The highest BCUT2D eigenvalue weighted by Crippen LogP contribution is 2.37. The van der Waals surface area contributed by atoms with Crippen LogP contribution < -0.4 is 5.32 Å². The molecule has 0 amide bonds. The average Bonchev–Trinajstić information content (AvgIpc) is 2.29. The van der Waals surface area contributed by atoms with Crippen LogP contribution in [-0.2, 0) is 5.41 Å². The zero-order chi connectivity index (χ0) is 8.77. The summed E-state index contributed by atoms with van der Waals surface area (Å²) in [6.45, 7) is 4.92. The smallest absolute Gasteiger partial charge is 0.129 e. The van der Waals surface area contributed by atoms with Crippen LogP contribution in [0.5, 0.6) is 0 Å². The van der Waals surface area contributed by atoms with E-state index in [-0.39, 0.29) is 23.6 Å². The van der Waals surface area contributed by atoms with Crippen LogP contribution in [0.4, 0.5) is 10.1 Å². The molecule has 0 unspecified atom stereocenters. The molecule has 0 saturated carbocycles. The van der Waals surface area contributed by atoms with Gasteiger partial charge in [0.1, 0.15) is 5.82 Å². The molecular weight excluding hydrogens is 189 g/mol. The van der Waals surface area contributed by atoms with Gasteiger partial charge in [0, 0.05) is 23.2 Å². The minimum atomic E-state index is -0.0949. The lowest BCUT2D eigenvalue weighted by molar-refractivity contribution is 0.527. The number of hydrogen-bond donors (Lipinski definition) is 1. The van der Waals surface area contributed by atoms with Gasteiger partial charge in [-0.25, -0.2) is 4.39 Å². The van der Waals surface area contributed by atoms with Crippen LogP contribution in [0.2, 0.25) is 0 Å². The predicted octanol–water partition coefficient (Wildman–Crippen LogP) is 2.95. The maximum atomic E-state index is 13.3. The Morgan fingerprint density at radius 3 is 2.69 bits per heavy atom. The summed E-state index contributed by atoms with van der Waals surface area (Å²) in [6.07, 6.45) is 0. The van der Waals surface area contributed by atoms with E-state index < -0.39 is 0 Å². The van der Waals surface area contributed by atoms with Gasteiger partial charge >= 0.3 is 0 Å². The quantitative estimate of drug-likeness (QED) is 0.681. The van der Waals surface area contributed by atoms with Gasteiger partial charge in [-0.15, -0.1) is 12.4 Å². The molecular formula is C10H13ClFN. The molecule has 0 spiro atoms. The Balaban J connectivity index is 0.000000845. The Morgan fingerprint density at radius 2 is 2.08 bits per heavy atom. The monoisotopic (exact) mass is 201 g/mol. The molecule has 1 heterocycles. The molecule has 1 aliphatic heterocycles. The van der Waals surface area contributed by atoms with E-state index in [2.05, 4.69) is 19.2 Å². The van der Waals surface area contributed by atoms with Gasteiger partial charge in [0.05, 0.1) is 0 Å². The van der Waals surface area contributed by atoms with E-state index >= 15 is 0 Å². The molecule has 1 aromatic carbocycles. The second kappa shape index (κ2) is 3.18. The van der Waals surface area contributed by atoms with Crippen LogP contribution in [0.3, 0.4) is 0 Å². The number of hydrogen-bond acceptors (Lipinski definition) is 1. The first-order valence-corrected chi connectivity index (χ1v) is 4.14. The first-order chi connectivity index (χ1) is 5.61. The number of fused-ring (bicyclic) bond motifs is 1. The van der Waals surface area contributed by atoms with Gasteiger partial charge in [0.2, 0.25) is 0 Å². The Bertz CT molecular complexity index is 323. The van der Waals surface area contributed by atoms with Gasteiger partial charge in [-0.1, -0.05) is 19.9 Å². The number of rotatable bonds is 0. The highest BCUT2D eigenvalue weighted by atomic mass is 35.5. The molecule has 1 N–H and O–H groups in total. The molecule has 1 aliphatic rings. The van der Waals surface area contributed by atoms with Crippen molar-refractivity contribution >= 4 is 18.1 Å². The molecule has 13 heavy (non-hydrogen) atoms. The second-order valence-electron chi connectivity index (χ2n) is 3.90. The summed E-state index contributed by atoms with van der Waals surface area (Å²) < 4.78 is 13.3. The van der Waals surface area contributed by atoms with E-state index in [1.807, 2.05) is 6.07 Å². The summed E-state index contributed by atoms with van der Waals surface area (Å²) in [6, 6.07) is 5.18. The van der Waals surface area contributed by atoms with E-state index in [9.17, 15) is 4.39 Å². The fourth-order valence-electron chi connectivity index (χ4n) is 1.76. The third-order valence-electron chi connectivity index (χ3n) is 2.41. The zero-order valence-corrected chi connectivity index (χ0v) is 8.54. The Kier molecular flexibility index (Phi) is 2.53. The highest BCUT2D eigenvalue weighted by Gasteiger charge is 2.32. The SMILES string of the molecule is CC1(C)CNc2cccc(F)c21.Cl. The summed E-state index contributed by atoms with van der Waals surface area (Å²) in [7, 11) is 0. The van der Waals surface area contributed by atoms with Gasteiger partial charge in [0.25, 0.3) is 0 Å². The lowest BCUT2D eigenvalue weighted by Gasteiger charge is -2.17. The maximum Gasteiger partial charge on any atom is 0.129 e. The minimum Gasteiger partial charge on any atom is -0.384 e. The van der Waals surface area contributed by atoms with Gasteiger partial charge in [0.15, 0.2) is 0 Å². The molecule has 0 aliphatic carbocycles. The van der Waals surface area contributed by atoms with Crippen molar-refractivity contribution in [2.45, 2.75) is 19.3 Å². The number of anilines is 1. The first-order valence-electron chi connectivity index (χ1n) is 4.14. The first kappa shape index (κ1) is 10.3. The maximum absolute atomic E-state index is 13.3. The van der Waals surface area contributed by atoms with Crippen LogP contribution in [0.25, 0.3) is 0 Å². The summed E-state index contributed by atoms with van der Waals surface area (Å²) in [5, 5.41) is 3.19. The Hall–Kier alpha value is -0.760. The Morgan fingerprint density at radius 1 is 1.38 bits per heavy atom. The molecule has 1 aromatic rings. The van der Waals surface area contributed by atoms with E-state index in [4.69, 9.17) is 0 Å². The van der Waals surface area contributed by atoms with Gasteiger partial charge < -0.3 is 5.32 Å². The zero-order valence-electron chi connectivity index (χ0n) is 7.73. The molecule has 0 fully saturated rings. The topological polar surface area (TPSA) is 12.0 Å². The van der Waals surface area contributed by atoms with Crippen molar-refractivity contribution < 1.29 is 4.39 Å². The van der Waals surface area contributed by atoms with Crippen molar-refractivity contribution in [3.05, 3.63) is 29.6 Å². The van der Waals surface area contributed by atoms with Crippen molar-refractivity contribution in [1.82, 2.24) is 0 Å². The number of halogens is 2. The van der Waals surface area contributed by atoms with E-state index in [1.165, 1.54) is 6.07 Å². The molecule has 0 bridgehead atoms. The van der Waals surface area contributed by atoms with Crippen molar-refractivity contribution in [2.24, 2.45) is 0 Å². The van der Waals surface area contributed by atoms with Crippen LogP contribution in [0.15, 0.2) is 18.2 Å². The van der Waals surface area contributed by atoms with Crippen LogP contribution in [0.1, 0.15) is 19.4 Å². The summed E-state index contributed by atoms with van der Waals surface area (Å²) in [5.74, 6) is -0.0949. The van der Waals surface area contributed by atoms with Crippen LogP contribution >= 0.6 is 12.4 Å². The summed E-state index contributed by atoms with van der Waals surface area (Å²) >= 11 is 0. The molecule has 0 radical (unpaired) electrons. The summed E-state index contributed by atoms with van der Waals surface area (Å²) in [4.78, 5) is 0. The third kappa shape index (κ3) is 1.51. The van der Waals surface area contributed by atoms with Crippen molar-refractivity contribution in [3.63, 3.8) is 0 Å². The van der Waals surface area contributed by atoms with Crippen molar-refractivity contribution in [2.75, 3.05) is 11.9 Å². The molecule has 0 aromatic heterocycles. The molecule has 0 atom stereocenters. The fourth-order valence-corrected chi connectivity index (χ4v) is 1.76. The lowest BCUT2D eigenvalue weighted by Crippen LogP contribution is -2.20. The van der Waals surface area contributed by atoms with Gasteiger partial charge in [-0.2, -0.15) is 0 Å². The minimum absolute atomic E-state index is 0. The molecule has 1 nitrogen and oxygen atoms in total. The van der Waals surface area contributed by atoms with Crippen LogP contribution in [-0.4, -0.2) is 6.54 Å².